The second-order valence-electron chi connectivity index (χ2n) is 7.18. The molecule has 0 radical (unpaired) electrons. The molecule has 31 heavy (non-hydrogen) atoms. The third-order valence-corrected chi connectivity index (χ3v) is 6.14. The van der Waals surface area contributed by atoms with Gasteiger partial charge < -0.3 is 15.2 Å². The Bertz CT molecular complexity index is 1110. The fourth-order valence-corrected chi connectivity index (χ4v) is 3.90. The molecule has 3 rings (SSSR count). The van der Waals surface area contributed by atoms with Gasteiger partial charge in [0.05, 0.1) is 5.56 Å². The number of rotatable bonds is 7. The van der Waals surface area contributed by atoms with Crippen molar-refractivity contribution in [1.29, 1.82) is 0 Å². The first-order valence-corrected chi connectivity index (χ1v) is 10.2. The molecule has 0 aliphatic rings. The molecule has 0 bridgehead atoms. The number of alkyl halides is 3. The topological polar surface area (TPSA) is 75.6 Å². The quantitative estimate of drug-likeness (QED) is 0.499. The summed E-state index contributed by atoms with van der Waals surface area (Å²) in [6, 6.07) is 11.7. The van der Waals surface area contributed by atoms with Crippen molar-refractivity contribution in [2.75, 3.05) is 0 Å². The van der Waals surface area contributed by atoms with Gasteiger partial charge in [0.2, 0.25) is 0 Å². The van der Waals surface area contributed by atoms with E-state index in [2.05, 4.69) is 5.32 Å². The van der Waals surface area contributed by atoms with Crippen LogP contribution in [-0.4, -0.2) is 22.5 Å². The van der Waals surface area contributed by atoms with Gasteiger partial charge in [-0.05, 0) is 43.2 Å². The van der Waals surface area contributed by atoms with E-state index in [1.165, 1.54) is 19.1 Å². The van der Waals surface area contributed by atoms with Gasteiger partial charge in [0.1, 0.15) is 17.0 Å². The molecule has 0 saturated heterocycles. The van der Waals surface area contributed by atoms with Crippen LogP contribution in [0.4, 0.5) is 13.2 Å². The largest absolute Gasteiger partial charge is 0.487 e. The molecule has 2 aromatic carbocycles. The number of fused-ring (bicyclic) bond motifs is 1. The molecular formula is C22H20F3NO4S. The number of hydrogen-bond acceptors (Lipinski definition) is 4. The Morgan fingerprint density at radius 3 is 2.32 bits per heavy atom. The van der Waals surface area contributed by atoms with Crippen LogP contribution in [0.2, 0.25) is 0 Å². The third kappa shape index (κ3) is 4.82. The molecule has 9 heteroatoms. The molecule has 5 nitrogen and oxygen atoms in total. The Morgan fingerprint density at radius 1 is 1.10 bits per heavy atom. The van der Waals surface area contributed by atoms with Crippen LogP contribution in [0.15, 0.2) is 48.5 Å². The van der Waals surface area contributed by atoms with Gasteiger partial charge in [-0.2, -0.15) is 13.2 Å². The maximum Gasteiger partial charge on any atom is 0.416 e. The average molecular weight is 451 g/mol. The van der Waals surface area contributed by atoms with Gasteiger partial charge in [-0.1, -0.05) is 31.2 Å². The van der Waals surface area contributed by atoms with Gasteiger partial charge in [0, 0.05) is 10.1 Å². The van der Waals surface area contributed by atoms with E-state index in [0.29, 0.717) is 10.9 Å². The van der Waals surface area contributed by atoms with Gasteiger partial charge in [0.25, 0.3) is 5.91 Å². The molecule has 1 aromatic heterocycles. The zero-order valence-corrected chi connectivity index (χ0v) is 17.6. The lowest BCUT2D eigenvalue weighted by Crippen LogP contribution is -2.51. The molecule has 1 amide bonds. The van der Waals surface area contributed by atoms with E-state index in [9.17, 15) is 27.9 Å². The Morgan fingerprint density at radius 2 is 1.74 bits per heavy atom. The number of amides is 1. The number of carboxylic acid groups (broad SMARTS) is 1. The Kier molecular flexibility index (Phi) is 6.26. The Hall–Kier alpha value is -3.07. The number of thiophene rings is 1. The summed E-state index contributed by atoms with van der Waals surface area (Å²) >= 11 is 1.16. The second-order valence-corrected chi connectivity index (χ2v) is 8.24. The second kappa shape index (κ2) is 8.58. The standard InChI is InChI=1S/C22H20F3NO4S/c1-3-21(2,20(28)29)26-19(27)18-17(15-6-4-5-7-16(15)31-18)30-12-13-8-10-14(11-9-13)22(23,24)25/h4-11H,3,12H2,1-2H3,(H,26,27)(H,28,29). The van der Waals surface area contributed by atoms with Gasteiger partial charge in [-0.15, -0.1) is 11.3 Å². The predicted octanol–water partition coefficient (Wildman–Crippen LogP) is 5.48. The van der Waals surface area contributed by atoms with Crippen LogP contribution in [0.25, 0.3) is 10.1 Å². The number of aliphatic carboxylic acids is 1. The van der Waals surface area contributed by atoms with Crippen LogP contribution in [0.1, 0.15) is 41.1 Å². The highest BCUT2D eigenvalue weighted by Gasteiger charge is 2.35. The number of carbonyl (C=O) groups excluding carboxylic acids is 1. The molecule has 164 valence electrons. The summed E-state index contributed by atoms with van der Waals surface area (Å²) in [6.07, 6.45) is -4.25. The van der Waals surface area contributed by atoms with Crippen molar-refractivity contribution in [2.45, 2.75) is 38.6 Å². The van der Waals surface area contributed by atoms with E-state index in [4.69, 9.17) is 4.74 Å². The van der Waals surface area contributed by atoms with Crippen molar-refractivity contribution in [2.24, 2.45) is 0 Å². The molecule has 1 atom stereocenters. The summed E-state index contributed by atoms with van der Waals surface area (Å²) in [7, 11) is 0. The number of hydrogen-bond donors (Lipinski definition) is 2. The molecular weight excluding hydrogens is 431 g/mol. The van der Waals surface area contributed by atoms with Crippen molar-refractivity contribution >= 4 is 33.3 Å². The number of carbonyl (C=O) groups is 2. The first-order chi connectivity index (χ1) is 14.5. The summed E-state index contributed by atoms with van der Waals surface area (Å²) < 4.78 is 44.9. The molecule has 0 fully saturated rings. The zero-order chi connectivity index (χ0) is 22.8. The van der Waals surface area contributed by atoms with E-state index in [1.54, 1.807) is 31.2 Å². The van der Waals surface area contributed by atoms with Crippen LogP contribution in [0.3, 0.4) is 0 Å². The third-order valence-electron chi connectivity index (χ3n) is 4.99. The van der Waals surface area contributed by atoms with Crippen LogP contribution in [0, 0.1) is 0 Å². The lowest BCUT2D eigenvalue weighted by Gasteiger charge is -2.24. The van der Waals surface area contributed by atoms with Crippen molar-refractivity contribution in [3.63, 3.8) is 0 Å². The molecule has 0 aliphatic carbocycles. The summed E-state index contributed by atoms with van der Waals surface area (Å²) in [6.45, 7) is 3.02. The predicted molar refractivity (Wildman–Crippen MR) is 111 cm³/mol. The maximum absolute atomic E-state index is 12.9. The number of carboxylic acids is 1. The molecule has 0 saturated carbocycles. The number of nitrogens with one attached hydrogen (secondary N) is 1. The summed E-state index contributed by atoms with van der Waals surface area (Å²) in [5, 5.41) is 12.7. The van der Waals surface area contributed by atoms with Gasteiger partial charge in [-0.3, -0.25) is 4.79 Å². The van der Waals surface area contributed by atoms with E-state index < -0.39 is 29.2 Å². The fourth-order valence-electron chi connectivity index (χ4n) is 2.86. The normalized spacial score (nSPS) is 13.6. The minimum Gasteiger partial charge on any atom is -0.487 e. The van der Waals surface area contributed by atoms with Crippen LogP contribution in [0.5, 0.6) is 5.75 Å². The number of ether oxygens (including phenoxy) is 1. The van der Waals surface area contributed by atoms with Gasteiger partial charge in [0.15, 0.2) is 5.75 Å². The maximum atomic E-state index is 12.9. The summed E-state index contributed by atoms with van der Waals surface area (Å²) in [5.41, 5.74) is -1.71. The highest BCUT2D eigenvalue weighted by atomic mass is 32.1. The average Bonchev–Trinajstić information content (AvgIpc) is 3.10. The van der Waals surface area contributed by atoms with E-state index in [-0.39, 0.29) is 23.7 Å². The van der Waals surface area contributed by atoms with Crippen molar-refractivity contribution in [1.82, 2.24) is 5.32 Å². The number of benzene rings is 2. The van der Waals surface area contributed by atoms with Crippen molar-refractivity contribution in [3.8, 4) is 5.75 Å². The van der Waals surface area contributed by atoms with Crippen molar-refractivity contribution in [3.05, 3.63) is 64.5 Å². The molecule has 0 aliphatic heterocycles. The molecule has 3 aromatic rings. The monoisotopic (exact) mass is 451 g/mol. The van der Waals surface area contributed by atoms with E-state index >= 15 is 0 Å². The van der Waals surface area contributed by atoms with E-state index in [0.717, 1.165) is 28.2 Å². The SMILES string of the molecule is CCC(C)(NC(=O)c1sc2ccccc2c1OCc1ccc(C(F)(F)F)cc1)C(=O)O. The fraction of sp³-hybridized carbons (Fsp3) is 0.273. The highest BCUT2D eigenvalue weighted by molar-refractivity contribution is 7.21. The van der Waals surface area contributed by atoms with Gasteiger partial charge >= 0.3 is 12.1 Å². The molecule has 1 heterocycles. The summed E-state index contributed by atoms with van der Waals surface area (Å²) in [4.78, 5) is 24.7. The van der Waals surface area contributed by atoms with Crippen LogP contribution >= 0.6 is 11.3 Å². The lowest BCUT2D eigenvalue weighted by molar-refractivity contribution is -0.144. The minimum absolute atomic E-state index is 0.0525. The lowest BCUT2D eigenvalue weighted by atomic mass is 9.99. The van der Waals surface area contributed by atoms with Gasteiger partial charge in [-0.25, -0.2) is 4.79 Å². The van der Waals surface area contributed by atoms with Crippen LogP contribution in [-0.2, 0) is 17.6 Å². The minimum atomic E-state index is -4.43. The first-order valence-electron chi connectivity index (χ1n) is 9.41. The Balaban J connectivity index is 1.89. The molecule has 2 N–H and O–H groups in total. The first kappa shape index (κ1) is 22.6. The smallest absolute Gasteiger partial charge is 0.416 e. The van der Waals surface area contributed by atoms with Crippen molar-refractivity contribution < 1.29 is 32.6 Å². The van der Waals surface area contributed by atoms with Crippen LogP contribution < -0.4 is 10.1 Å². The zero-order valence-electron chi connectivity index (χ0n) is 16.7. The highest BCUT2D eigenvalue weighted by Crippen LogP contribution is 2.38. The van der Waals surface area contributed by atoms with E-state index in [1.807, 2.05) is 0 Å². The summed E-state index contributed by atoms with van der Waals surface area (Å²) in [5.74, 6) is -1.48. The number of halogens is 3. The molecule has 0 spiro atoms. The Labute approximate surface area is 180 Å². The molecule has 1 unspecified atom stereocenters.